The third kappa shape index (κ3) is 23.3. The maximum absolute atomic E-state index is 14.5. The number of hydrogen-bond acceptors (Lipinski definition) is 27. The standard InChI is InChI=1S/C35H45N4O7.C35H47N4O7.C33H43N4O7.3V.3H2/c1-20-28(19-40)39-18-30(20)45-32-26(36-25-10-9-22(43-3)17-27(25)37-32)8-6-4-5-7-23-24-15-21(24)16-29(23)46-34(42)38-31(33(39)41)35(2)11-13-44-14-12-35;1-22-28(21-40)39-20-29(22)45-31-26(36-25-13-12-24(43-4)19-27(25)37-31)11-7-5-6-9-23-10-8-14-35(23,3)46-33(42)38-30(32(39)41)34(2)15-17-44-18-16-34;1-20-26(19-38)37-18-27(20)43-29-24(34-23-11-10-22(41-4)16-25(23)35-29)9-7-5-6-8-21-17-33(21,3)44-31(40)36-28(30(37)39)32(2)12-14-42-15-13-32;;;;;;/h9-10,17,20-21,23-24,28-31H,4-8,11-16,18H2,1-3H3,(H,38,42);12-13,19,22-23,28-30H,5-11,14-18,20H2,1-4H3,(H,38,42);10-11,16,20-21,26-28H,5-9,12-15,17-18H2,1-4H3,(H,36,40);;;;3*1H/q3*-1;;;;;;/t20-,21?,23+,24?,28+,29+,30-,31+;22-,23+,28+,29-,30+,35+;20-,21+,26+,27-,28+,33+;;;;;;/m000....../s1. The Kier molecular flexibility index (Phi) is 34.8. The first-order chi connectivity index (χ1) is 65.5. The van der Waals surface area contributed by atoms with Gasteiger partial charge in [0.05, 0.1) is 74.1 Å². The van der Waals surface area contributed by atoms with E-state index in [1.54, 1.807) is 21.3 Å². The molecule has 36 heteroatoms. The fourth-order valence-corrected chi connectivity index (χ4v) is 23.4. The zero-order valence-electron chi connectivity index (χ0n) is 82.0. The average Bonchev–Trinajstić information content (AvgIpc) is 1.61. The molecule has 0 spiro atoms. The van der Waals surface area contributed by atoms with Crippen molar-refractivity contribution in [3.05, 3.63) is 71.7 Å². The molecular weight excluding hydrogens is 1890 g/mol. The van der Waals surface area contributed by atoms with Crippen LogP contribution in [0.3, 0.4) is 0 Å². The van der Waals surface area contributed by atoms with Gasteiger partial charge in [0.25, 0.3) is 0 Å². The number of amides is 6. The van der Waals surface area contributed by atoms with Crippen molar-refractivity contribution in [2.75, 3.05) is 80.6 Å². The fraction of sp³-hybridized carbons (Fsp3) is 0.680. The van der Waals surface area contributed by atoms with Gasteiger partial charge in [-0.2, -0.15) is 0 Å². The predicted molar refractivity (Wildman–Crippen MR) is 506 cm³/mol. The Hall–Kier alpha value is -8.66. The number of aromatic nitrogens is 6. The minimum Gasteiger partial charge on any atom is -0.540 e. The van der Waals surface area contributed by atoms with E-state index in [9.17, 15) is 43.2 Å². The number of carbonyl (C=O) groups is 6. The largest absolute Gasteiger partial charge is 0.540 e. The summed E-state index contributed by atoms with van der Waals surface area (Å²) in [5.41, 5.74) is 3.61. The van der Waals surface area contributed by atoms with Crippen molar-refractivity contribution >= 4 is 88.0 Å². The minimum absolute atomic E-state index is 0. The first-order valence-corrected chi connectivity index (χ1v) is 49.8. The van der Waals surface area contributed by atoms with Crippen LogP contribution in [-0.2, 0) is 132 Å². The van der Waals surface area contributed by atoms with Crippen molar-refractivity contribution in [2.24, 2.45) is 63.6 Å². The number of nitrogens with zero attached hydrogens (tertiary/aromatic N) is 9. The number of fused-ring (bicyclic) bond motifs is 17. The number of ether oxygens (including phenoxy) is 12. The molecule has 2 unspecified atom stereocenters. The average molecular weight is 2040 g/mol. The fourth-order valence-electron chi connectivity index (χ4n) is 23.4. The Morgan fingerprint density at radius 3 is 1.09 bits per heavy atom. The number of rotatable bonds is 9. The van der Waals surface area contributed by atoms with Crippen LogP contribution in [0, 0.1) is 63.6 Å². The van der Waals surface area contributed by atoms with E-state index in [2.05, 4.69) is 34.8 Å². The van der Waals surface area contributed by atoms with E-state index in [0.717, 1.165) is 143 Å². The van der Waals surface area contributed by atoms with E-state index in [0.29, 0.717) is 167 Å². The van der Waals surface area contributed by atoms with Gasteiger partial charge in [0.15, 0.2) is 0 Å². The van der Waals surface area contributed by atoms with E-state index in [-0.39, 0.29) is 133 Å². The second-order valence-electron chi connectivity index (χ2n) is 41.9. The normalized spacial score (nSPS) is 32.4. The maximum Gasteiger partial charge on any atom is 0.408 e. The minimum atomic E-state index is -0.906. The smallest absolute Gasteiger partial charge is 0.408 e. The molecule has 13 aliphatic rings. The predicted octanol–water partition coefficient (Wildman–Crippen LogP) is 14.2. The van der Waals surface area contributed by atoms with Gasteiger partial charge in [-0.3, -0.25) is 14.4 Å². The Morgan fingerprint density at radius 2 is 0.727 bits per heavy atom. The third-order valence-electron chi connectivity index (χ3n) is 32.9. The van der Waals surface area contributed by atoms with Crippen LogP contribution in [0.15, 0.2) is 54.6 Å². The van der Waals surface area contributed by atoms with Crippen LogP contribution in [0.5, 0.6) is 34.9 Å². The Labute approximate surface area is 854 Å². The van der Waals surface area contributed by atoms with Crippen molar-refractivity contribution < 1.29 is 160 Å². The molecule has 3 N–H and O–H groups in total. The second kappa shape index (κ2) is 45.5. The number of alkyl carbamates (subject to hydrolysis) is 3. The van der Waals surface area contributed by atoms with Crippen LogP contribution in [0.1, 0.15) is 231 Å². The van der Waals surface area contributed by atoms with Gasteiger partial charge in [0, 0.05) is 140 Å². The summed E-state index contributed by atoms with van der Waals surface area (Å²) >= 11 is 0. The molecule has 4 aliphatic carbocycles. The number of benzene rings is 3. The summed E-state index contributed by atoms with van der Waals surface area (Å²) in [7, 11) is 4.83. The molecule has 19 rings (SSSR count). The third-order valence-corrected chi connectivity index (χ3v) is 32.9. The van der Waals surface area contributed by atoms with Crippen molar-refractivity contribution in [1.82, 2.24) is 60.6 Å². The Morgan fingerprint density at radius 1 is 0.381 bits per heavy atom. The SMILES string of the molecule is COc1ccc2nc3c(nc2c1)O[C@H]1CN(C(=O)[C@H](C2(C)CCOCC2)NC(=O)O[C@@H]2CC4CC4[C@H]2CCCCC3)[C@H]([C-]=O)[C@@H]1C.COc1ccc2nc3c(nc2c1)O[C@H]1CN(C(=O)[C@H](C2(C)CCOCC2)NC(=O)O[C@]2(C)CCC[C@H]2CCCCC3)[C@H]([C-]=O)[C@@H]1C.COc1ccc2nc3c(nc2c1)O[C@H]1CN(C(=O)[C@H](C2(C)CCOCC2)NC(=O)O[C@]2(C)C[C@H]2CCCCC3)[C@H]([C-]=O)[C@@H]1C.[HH].[HH].[HH].[V].[V].[V]. The molecule has 6 aromatic rings. The Balaban J connectivity index is 0.000000199. The molecule has 3 aromatic heterocycles. The first-order valence-electron chi connectivity index (χ1n) is 49.8. The van der Waals surface area contributed by atoms with E-state index >= 15 is 0 Å². The van der Waals surface area contributed by atoms with E-state index in [1.807, 2.05) is 110 Å². The van der Waals surface area contributed by atoms with Gasteiger partial charge >= 0.3 is 18.3 Å². The molecule has 33 nitrogen and oxygen atoms in total. The van der Waals surface area contributed by atoms with Crippen LogP contribution >= 0.6 is 0 Å². The summed E-state index contributed by atoms with van der Waals surface area (Å²) in [6.45, 7) is 19.0. The molecule has 20 atom stereocenters. The van der Waals surface area contributed by atoms with Gasteiger partial charge in [0.1, 0.15) is 88.1 Å². The maximum atomic E-state index is 14.5. The van der Waals surface area contributed by atoms with Gasteiger partial charge in [-0.15, -0.1) is 0 Å². The molecule has 139 heavy (non-hydrogen) atoms. The van der Waals surface area contributed by atoms with Gasteiger partial charge in [0.2, 0.25) is 35.4 Å². The number of carbonyl (C=O) groups excluding carboxylic acids is 9. The molecule has 757 valence electrons. The number of nitrogens with one attached hydrogen (secondary N) is 3. The molecule has 6 amide bonds. The first kappa shape index (κ1) is 106. The summed E-state index contributed by atoms with van der Waals surface area (Å²) in [4.78, 5) is 155. The van der Waals surface area contributed by atoms with Gasteiger partial charge in [-0.25, -0.2) is 63.1 Å². The number of hydrogen-bond donors (Lipinski definition) is 3. The van der Waals surface area contributed by atoms with Crippen LogP contribution in [-0.4, -0.2) is 252 Å². The zero-order chi connectivity index (χ0) is 95.5. The van der Waals surface area contributed by atoms with Crippen LogP contribution in [0.2, 0.25) is 0 Å². The summed E-state index contributed by atoms with van der Waals surface area (Å²) in [6.07, 6.45) is 25.8. The van der Waals surface area contributed by atoms with E-state index in [4.69, 9.17) is 86.7 Å². The van der Waals surface area contributed by atoms with Gasteiger partial charge < -0.3 is 102 Å². The monoisotopic (exact) mass is 2030 g/mol. The topological polar surface area (TPSA) is 388 Å². The summed E-state index contributed by atoms with van der Waals surface area (Å²) in [5.74, 6) is 3.25. The molecule has 6 saturated heterocycles. The van der Waals surface area contributed by atoms with Crippen molar-refractivity contribution in [3.8, 4) is 34.9 Å². The molecule has 3 aromatic carbocycles. The number of aryl methyl sites for hydroxylation is 3. The molecule has 9 aliphatic heterocycles. The van der Waals surface area contributed by atoms with Crippen molar-refractivity contribution in [2.45, 2.75) is 301 Å². The summed E-state index contributed by atoms with van der Waals surface area (Å²) < 4.78 is 71.1. The molecule has 6 bridgehead atoms. The zero-order valence-corrected chi connectivity index (χ0v) is 86.2. The number of methoxy groups -OCH3 is 3. The van der Waals surface area contributed by atoms with E-state index in [1.165, 1.54) is 21.1 Å². The summed E-state index contributed by atoms with van der Waals surface area (Å²) in [6, 6.07) is 11.6. The Bertz CT molecular complexity index is 5300. The molecular formula is C103H141N12O21V3-3. The molecule has 10 fully saturated rings. The van der Waals surface area contributed by atoms with Crippen molar-refractivity contribution in [1.29, 1.82) is 0 Å². The molecule has 4 saturated carbocycles. The quantitative estimate of drug-likeness (QED) is 0.0894. The van der Waals surface area contributed by atoms with Gasteiger partial charge in [-0.05, 0) is 227 Å². The molecule has 3 radical (unpaired) electrons. The second-order valence-corrected chi connectivity index (χ2v) is 41.9. The van der Waals surface area contributed by atoms with E-state index < -0.39 is 100 Å². The van der Waals surface area contributed by atoms with Crippen LogP contribution < -0.4 is 44.4 Å². The van der Waals surface area contributed by atoms with Gasteiger partial charge in [-0.1, -0.05) is 98.2 Å². The van der Waals surface area contributed by atoms with Crippen LogP contribution in [0.4, 0.5) is 14.4 Å². The molecule has 12 heterocycles. The van der Waals surface area contributed by atoms with Crippen molar-refractivity contribution in [3.63, 3.8) is 0 Å². The summed E-state index contributed by atoms with van der Waals surface area (Å²) in [5, 5.41) is 8.93. The van der Waals surface area contributed by atoms with Crippen LogP contribution in [0.25, 0.3) is 33.1 Å².